The fraction of sp³-hybridized carbons (Fsp3) is 0.364. The van der Waals surface area contributed by atoms with Crippen LogP contribution < -0.4 is 0 Å². The van der Waals surface area contributed by atoms with Crippen molar-refractivity contribution in [1.29, 1.82) is 0 Å². The van der Waals surface area contributed by atoms with E-state index in [1.165, 1.54) is 10.5 Å². The lowest BCUT2D eigenvalue weighted by Gasteiger charge is -2.12. The number of thioether (sulfide) groups is 1. The summed E-state index contributed by atoms with van der Waals surface area (Å²) < 4.78 is 1.09. The Bertz CT molecular complexity index is 406. The van der Waals surface area contributed by atoms with Gasteiger partial charge >= 0.3 is 5.97 Å². The van der Waals surface area contributed by atoms with Gasteiger partial charge in [-0.1, -0.05) is 28.9 Å². The maximum Gasteiger partial charge on any atom is 0.307 e. The minimum absolute atomic E-state index is 0.163. The predicted molar refractivity (Wildman–Crippen MR) is 64.3 cm³/mol. The average Bonchev–Trinajstić information content (AvgIpc) is 2.61. The molecule has 80 valence electrons. The quantitative estimate of drug-likeness (QED) is 0.907. The number of carboxylic acids is 1. The van der Waals surface area contributed by atoms with Gasteiger partial charge in [0, 0.05) is 14.6 Å². The molecule has 1 aliphatic rings. The molecule has 0 fully saturated rings. The second kappa shape index (κ2) is 4.18. The standard InChI is InChI=1S/C11H11BrO2S/c1-6(11(13)14)10-5-7-8(12)3-2-4-9(7)15-10/h2-4,6,10H,5H2,1H3,(H,13,14). The van der Waals surface area contributed by atoms with Gasteiger partial charge in [0.2, 0.25) is 0 Å². The highest BCUT2D eigenvalue weighted by molar-refractivity contribution is 9.10. The van der Waals surface area contributed by atoms with Crippen molar-refractivity contribution in [3.05, 3.63) is 28.2 Å². The Morgan fingerprint density at radius 3 is 3.00 bits per heavy atom. The maximum atomic E-state index is 10.9. The summed E-state index contributed by atoms with van der Waals surface area (Å²) in [4.78, 5) is 12.1. The van der Waals surface area contributed by atoms with Gasteiger partial charge in [-0.25, -0.2) is 0 Å². The Balaban J connectivity index is 2.23. The Morgan fingerprint density at radius 2 is 2.40 bits per heavy atom. The summed E-state index contributed by atoms with van der Waals surface area (Å²) in [5.74, 6) is -1.01. The lowest BCUT2D eigenvalue weighted by atomic mass is 10.0. The topological polar surface area (TPSA) is 37.3 Å². The van der Waals surface area contributed by atoms with E-state index in [4.69, 9.17) is 5.11 Å². The lowest BCUT2D eigenvalue weighted by molar-refractivity contribution is -0.141. The molecule has 2 rings (SSSR count). The molecule has 0 saturated heterocycles. The number of carbonyl (C=O) groups is 1. The fourth-order valence-electron chi connectivity index (χ4n) is 1.69. The first kappa shape index (κ1) is 11.0. The van der Waals surface area contributed by atoms with Gasteiger partial charge in [-0.2, -0.15) is 0 Å². The number of carboxylic acid groups (broad SMARTS) is 1. The molecule has 2 atom stereocenters. The van der Waals surface area contributed by atoms with Crippen molar-refractivity contribution in [3.8, 4) is 0 Å². The third-order valence-electron chi connectivity index (χ3n) is 2.71. The normalized spacial score (nSPS) is 21.1. The lowest BCUT2D eigenvalue weighted by Crippen LogP contribution is -2.22. The van der Waals surface area contributed by atoms with Crippen LogP contribution >= 0.6 is 27.7 Å². The number of aliphatic carboxylic acids is 1. The summed E-state index contributed by atoms with van der Waals surface area (Å²) in [5.41, 5.74) is 1.25. The van der Waals surface area contributed by atoms with Crippen LogP contribution in [0.15, 0.2) is 27.6 Å². The van der Waals surface area contributed by atoms with Gasteiger partial charge in [0.15, 0.2) is 0 Å². The van der Waals surface area contributed by atoms with Crippen LogP contribution in [0.2, 0.25) is 0 Å². The van der Waals surface area contributed by atoms with E-state index < -0.39 is 5.97 Å². The SMILES string of the molecule is CC(C(=O)O)C1Cc2c(Br)cccc2S1. The molecule has 0 bridgehead atoms. The Kier molecular flexibility index (Phi) is 3.07. The van der Waals surface area contributed by atoms with Gasteiger partial charge in [-0.15, -0.1) is 11.8 Å². The van der Waals surface area contributed by atoms with Crippen molar-refractivity contribution < 1.29 is 9.90 Å². The van der Waals surface area contributed by atoms with E-state index in [0.717, 1.165) is 10.9 Å². The van der Waals surface area contributed by atoms with E-state index in [9.17, 15) is 4.79 Å². The molecular weight excluding hydrogens is 276 g/mol. The summed E-state index contributed by atoms with van der Waals surface area (Å²) in [6.07, 6.45) is 0.842. The fourth-order valence-corrected chi connectivity index (χ4v) is 3.74. The van der Waals surface area contributed by atoms with Crippen LogP contribution in [0.25, 0.3) is 0 Å². The van der Waals surface area contributed by atoms with Gasteiger partial charge in [0.1, 0.15) is 0 Å². The molecule has 0 radical (unpaired) electrons. The first-order valence-corrected chi connectivity index (χ1v) is 6.43. The van der Waals surface area contributed by atoms with Crippen LogP contribution in [0.3, 0.4) is 0 Å². The van der Waals surface area contributed by atoms with E-state index in [1.807, 2.05) is 12.1 Å². The van der Waals surface area contributed by atoms with E-state index in [0.29, 0.717) is 0 Å². The van der Waals surface area contributed by atoms with E-state index in [-0.39, 0.29) is 11.2 Å². The Morgan fingerprint density at radius 1 is 1.67 bits per heavy atom. The Labute approximate surface area is 101 Å². The van der Waals surface area contributed by atoms with Crippen LogP contribution in [0.4, 0.5) is 0 Å². The number of halogens is 1. The van der Waals surface area contributed by atoms with Crippen LogP contribution in [0.5, 0.6) is 0 Å². The smallest absolute Gasteiger partial charge is 0.307 e. The minimum atomic E-state index is -0.712. The molecule has 0 spiro atoms. The summed E-state index contributed by atoms with van der Waals surface area (Å²) in [7, 11) is 0. The first-order valence-electron chi connectivity index (χ1n) is 4.76. The van der Waals surface area contributed by atoms with Crippen LogP contribution in [0.1, 0.15) is 12.5 Å². The molecule has 15 heavy (non-hydrogen) atoms. The number of rotatable bonds is 2. The third-order valence-corrected chi connectivity index (χ3v) is 4.96. The van der Waals surface area contributed by atoms with Gasteiger partial charge < -0.3 is 5.11 Å². The molecule has 2 unspecified atom stereocenters. The van der Waals surface area contributed by atoms with Gasteiger partial charge in [0.05, 0.1) is 5.92 Å². The largest absolute Gasteiger partial charge is 0.481 e. The molecule has 1 N–H and O–H groups in total. The van der Waals surface area contributed by atoms with E-state index in [2.05, 4.69) is 22.0 Å². The third kappa shape index (κ3) is 2.06. The zero-order chi connectivity index (χ0) is 11.0. The van der Waals surface area contributed by atoms with Crippen LogP contribution in [-0.4, -0.2) is 16.3 Å². The van der Waals surface area contributed by atoms with Gasteiger partial charge in [0.25, 0.3) is 0 Å². The van der Waals surface area contributed by atoms with Crippen molar-refractivity contribution in [3.63, 3.8) is 0 Å². The molecule has 1 heterocycles. The van der Waals surface area contributed by atoms with Crippen molar-refractivity contribution in [2.45, 2.75) is 23.5 Å². The number of fused-ring (bicyclic) bond motifs is 1. The molecule has 0 amide bonds. The number of benzene rings is 1. The Hall–Kier alpha value is -0.480. The highest BCUT2D eigenvalue weighted by atomic mass is 79.9. The molecule has 1 aliphatic heterocycles. The predicted octanol–water partition coefficient (Wildman–Crippen LogP) is 3.19. The monoisotopic (exact) mass is 286 g/mol. The zero-order valence-corrected chi connectivity index (χ0v) is 10.6. The summed E-state index contributed by atoms with van der Waals surface area (Å²) >= 11 is 5.18. The second-order valence-electron chi connectivity index (χ2n) is 3.70. The van der Waals surface area contributed by atoms with Crippen molar-refractivity contribution in [2.75, 3.05) is 0 Å². The summed E-state index contributed by atoms with van der Waals surface area (Å²) in [6.45, 7) is 1.78. The van der Waals surface area contributed by atoms with Crippen molar-refractivity contribution in [2.24, 2.45) is 5.92 Å². The molecule has 4 heteroatoms. The van der Waals surface area contributed by atoms with Crippen molar-refractivity contribution >= 4 is 33.7 Å². The van der Waals surface area contributed by atoms with E-state index >= 15 is 0 Å². The van der Waals surface area contributed by atoms with Gasteiger partial charge in [-0.3, -0.25) is 4.79 Å². The molecule has 0 saturated carbocycles. The molecular formula is C11H11BrO2S. The molecule has 0 aromatic heterocycles. The summed E-state index contributed by atoms with van der Waals surface area (Å²) in [5, 5.41) is 9.13. The van der Waals surface area contributed by atoms with Crippen LogP contribution in [0, 0.1) is 5.92 Å². The van der Waals surface area contributed by atoms with E-state index in [1.54, 1.807) is 18.7 Å². The molecule has 1 aromatic rings. The second-order valence-corrected chi connectivity index (χ2v) is 5.84. The van der Waals surface area contributed by atoms with Crippen LogP contribution in [-0.2, 0) is 11.2 Å². The summed E-state index contributed by atoms with van der Waals surface area (Å²) in [6, 6.07) is 6.05. The molecule has 1 aromatic carbocycles. The molecule has 0 aliphatic carbocycles. The zero-order valence-electron chi connectivity index (χ0n) is 8.24. The minimum Gasteiger partial charge on any atom is -0.481 e. The van der Waals surface area contributed by atoms with Gasteiger partial charge in [-0.05, 0) is 24.1 Å². The maximum absolute atomic E-state index is 10.9. The first-order chi connectivity index (χ1) is 7.09. The highest BCUT2D eigenvalue weighted by Gasteiger charge is 2.31. The number of hydrogen-bond donors (Lipinski definition) is 1. The number of hydrogen-bond acceptors (Lipinski definition) is 2. The van der Waals surface area contributed by atoms with Crippen molar-refractivity contribution in [1.82, 2.24) is 0 Å². The molecule has 2 nitrogen and oxygen atoms in total. The average molecular weight is 287 g/mol. The highest BCUT2D eigenvalue weighted by Crippen LogP contribution is 2.43.